The maximum absolute atomic E-state index is 12.0. The van der Waals surface area contributed by atoms with Gasteiger partial charge in [-0.3, -0.25) is 13.9 Å². The number of nitrogens with zero attached hydrogens (tertiary/aromatic N) is 4. The van der Waals surface area contributed by atoms with Crippen molar-refractivity contribution in [3.05, 3.63) is 65.0 Å². The molecule has 3 aromatic rings. The molecule has 6 nitrogen and oxygen atoms in total. The van der Waals surface area contributed by atoms with E-state index in [1.54, 1.807) is 22.9 Å². The standard InChI is InChI=1S/C16H19N5O/c1-12(13(2)21-9-5-7-18-21)17-11-14-10-16(22)20-8-4-3-6-15(20)19-14/h3-10,12-13,17H,11H2,1-2H3/t12-,13-/m1/s1. The average molecular weight is 297 g/mol. The molecule has 0 aliphatic heterocycles. The summed E-state index contributed by atoms with van der Waals surface area (Å²) in [7, 11) is 0. The van der Waals surface area contributed by atoms with E-state index in [2.05, 4.69) is 29.2 Å². The van der Waals surface area contributed by atoms with Gasteiger partial charge in [-0.15, -0.1) is 0 Å². The topological polar surface area (TPSA) is 64.2 Å². The first-order valence-electron chi connectivity index (χ1n) is 7.35. The lowest BCUT2D eigenvalue weighted by Crippen LogP contribution is -2.34. The van der Waals surface area contributed by atoms with E-state index in [9.17, 15) is 4.79 Å². The van der Waals surface area contributed by atoms with Crippen LogP contribution in [0.1, 0.15) is 25.6 Å². The van der Waals surface area contributed by atoms with Gasteiger partial charge in [-0.1, -0.05) is 6.07 Å². The zero-order valence-corrected chi connectivity index (χ0v) is 12.7. The normalized spacial score (nSPS) is 14.1. The third-order valence-corrected chi connectivity index (χ3v) is 3.89. The van der Waals surface area contributed by atoms with Gasteiger partial charge in [0.25, 0.3) is 5.56 Å². The summed E-state index contributed by atoms with van der Waals surface area (Å²) in [6.45, 7) is 4.75. The summed E-state index contributed by atoms with van der Waals surface area (Å²) >= 11 is 0. The summed E-state index contributed by atoms with van der Waals surface area (Å²) in [4.78, 5) is 16.6. The Bertz CT molecular complexity index is 809. The molecule has 0 spiro atoms. The summed E-state index contributed by atoms with van der Waals surface area (Å²) in [6.07, 6.45) is 5.45. The molecule has 3 heterocycles. The van der Waals surface area contributed by atoms with Gasteiger partial charge in [0, 0.05) is 37.2 Å². The fraction of sp³-hybridized carbons (Fsp3) is 0.312. The van der Waals surface area contributed by atoms with Crippen LogP contribution in [0.3, 0.4) is 0 Å². The molecule has 3 rings (SSSR count). The summed E-state index contributed by atoms with van der Waals surface area (Å²) in [5, 5.41) is 7.66. The molecule has 0 radical (unpaired) electrons. The minimum atomic E-state index is -0.0600. The molecule has 6 heteroatoms. The van der Waals surface area contributed by atoms with Crippen LogP contribution in [0.5, 0.6) is 0 Å². The van der Waals surface area contributed by atoms with Crippen LogP contribution in [0, 0.1) is 0 Å². The fourth-order valence-corrected chi connectivity index (χ4v) is 2.38. The first kappa shape index (κ1) is 14.5. The summed E-state index contributed by atoms with van der Waals surface area (Å²) < 4.78 is 3.46. The van der Waals surface area contributed by atoms with Gasteiger partial charge in [-0.25, -0.2) is 4.98 Å². The number of aromatic nitrogens is 4. The Morgan fingerprint density at radius 2 is 2.09 bits per heavy atom. The lowest BCUT2D eigenvalue weighted by molar-refractivity contribution is 0.363. The number of nitrogens with one attached hydrogen (secondary N) is 1. The van der Waals surface area contributed by atoms with Crippen LogP contribution in [0.15, 0.2) is 53.7 Å². The molecule has 114 valence electrons. The second kappa shape index (κ2) is 6.11. The van der Waals surface area contributed by atoms with Gasteiger partial charge in [0.1, 0.15) is 5.65 Å². The molecule has 0 aliphatic rings. The predicted octanol–water partition coefficient (Wildman–Crippen LogP) is 1.63. The van der Waals surface area contributed by atoms with Crippen LogP contribution < -0.4 is 10.9 Å². The van der Waals surface area contributed by atoms with Crippen molar-refractivity contribution in [2.45, 2.75) is 32.5 Å². The lowest BCUT2D eigenvalue weighted by Gasteiger charge is -2.21. The van der Waals surface area contributed by atoms with Crippen molar-refractivity contribution in [1.29, 1.82) is 0 Å². The molecular formula is C16H19N5O. The Hall–Kier alpha value is -2.47. The van der Waals surface area contributed by atoms with Gasteiger partial charge >= 0.3 is 0 Å². The largest absolute Gasteiger partial charge is 0.307 e. The van der Waals surface area contributed by atoms with E-state index >= 15 is 0 Å². The van der Waals surface area contributed by atoms with E-state index in [0.29, 0.717) is 12.2 Å². The Morgan fingerprint density at radius 1 is 1.23 bits per heavy atom. The first-order valence-corrected chi connectivity index (χ1v) is 7.35. The lowest BCUT2D eigenvalue weighted by atomic mass is 10.1. The van der Waals surface area contributed by atoms with E-state index in [1.165, 1.54) is 0 Å². The second-order valence-electron chi connectivity index (χ2n) is 5.41. The molecule has 1 N–H and O–H groups in total. The molecule has 0 fully saturated rings. The van der Waals surface area contributed by atoms with Gasteiger partial charge in [-0.05, 0) is 32.0 Å². The van der Waals surface area contributed by atoms with Crippen molar-refractivity contribution in [1.82, 2.24) is 24.5 Å². The first-order chi connectivity index (χ1) is 10.6. The maximum atomic E-state index is 12.0. The minimum absolute atomic E-state index is 0.0600. The molecule has 0 amide bonds. The van der Waals surface area contributed by atoms with Crippen molar-refractivity contribution >= 4 is 5.65 Å². The third kappa shape index (κ3) is 2.92. The number of hydrogen-bond donors (Lipinski definition) is 1. The van der Waals surface area contributed by atoms with E-state index in [1.807, 2.05) is 35.1 Å². The highest BCUT2D eigenvalue weighted by Gasteiger charge is 2.14. The van der Waals surface area contributed by atoms with Crippen molar-refractivity contribution in [3.63, 3.8) is 0 Å². The summed E-state index contributed by atoms with van der Waals surface area (Å²) in [5.74, 6) is 0. The highest BCUT2D eigenvalue weighted by atomic mass is 16.1. The molecule has 0 aliphatic carbocycles. The Balaban J connectivity index is 1.72. The molecule has 0 unspecified atom stereocenters. The molecule has 2 atom stereocenters. The number of hydrogen-bond acceptors (Lipinski definition) is 4. The highest BCUT2D eigenvalue weighted by Crippen LogP contribution is 2.09. The van der Waals surface area contributed by atoms with Crippen LogP contribution >= 0.6 is 0 Å². The quantitative estimate of drug-likeness (QED) is 0.777. The minimum Gasteiger partial charge on any atom is -0.307 e. The van der Waals surface area contributed by atoms with Crippen molar-refractivity contribution in [2.75, 3.05) is 0 Å². The van der Waals surface area contributed by atoms with Gasteiger partial charge in [0.2, 0.25) is 0 Å². The Labute approximate surface area is 128 Å². The molecule has 0 bridgehead atoms. The smallest absolute Gasteiger partial charge is 0.258 e. The number of fused-ring (bicyclic) bond motifs is 1. The van der Waals surface area contributed by atoms with E-state index in [-0.39, 0.29) is 17.6 Å². The average Bonchev–Trinajstić information content (AvgIpc) is 3.06. The van der Waals surface area contributed by atoms with E-state index in [4.69, 9.17) is 0 Å². The van der Waals surface area contributed by atoms with Gasteiger partial charge in [0.15, 0.2) is 0 Å². The van der Waals surface area contributed by atoms with E-state index in [0.717, 1.165) is 5.69 Å². The summed E-state index contributed by atoms with van der Waals surface area (Å²) in [6, 6.07) is 9.44. The zero-order chi connectivity index (χ0) is 15.5. The predicted molar refractivity (Wildman–Crippen MR) is 84.7 cm³/mol. The van der Waals surface area contributed by atoms with Crippen molar-refractivity contribution < 1.29 is 0 Å². The Kier molecular flexibility index (Phi) is 4.02. The highest BCUT2D eigenvalue weighted by molar-refractivity contribution is 5.37. The van der Waals surface area contributed by atoms with Crippen LogP contribution in [0.25, 0.3) is 5.65 Å². The molecule has 0 saturated carbocycles. The number of rotatable bonds is 5. The van der Waals surface area contributed by atoms with Gasteiger partial charge in [0.05, 0.1) is 11.7 Å². The van der Waals surface area contributed by atoms with Crippen LogP contribution in [-0.2, 0) is 6.54 Å². The van der Waals surface area contributed by atoms with Crippen LogP contribution in [0.4, 0.5) is 0 Å². The molecule has 3 aromatic heterocycles. The van der Waals surface area contributed by atoms with Crippen LogP contribution in [-0.4, -0.2) is 25.2 Å². The van der Waals surface area contributed by atoms with Crippen LogP contribution in [0.2, 0.25) is 0 Å². The Morgan fingerprint density at radius 3 is 2.86 bits per heavy atom. The molecule has 22 heavy (non-hydrogen) atoms. The second-order valence-corrected chi connectivity index (χ2v) is 5.41. The third-order valence-electron chi connectivity index (χ3n) is 3.89. The molecular weight excluding hydrogens is 278 g/mol. The van der Waals surface area contributed by atoms with Gasteiger partial charge in [-0.2, -0.15) is 5.10 Å². The zero-order valence-electron chi connectivity index (χ0n) is 12.7. The fourth-order valence-electron chi connectivity index (χ4n) is 2.38. The van der Waals surface area contributed by atoms with Gasteiger partial charge < -0.3 is 5.32 Å². The SMILES string of the molecule is C[C@H]([C@@H](C)NCc1cc(=O)n2ccccc2n1)n1cccn1. The maximum Gasteiger partial charge on any atom is 0.258 e. The number of pyridine rings is 1. The molecule has 0 aromatic carbocycles. The van der Waals surface area contributed by atoms with Crippen molar-refractivity contribution in [3.8, 4) is 0 Å². The van der Waals surface area contributed by atoms with Crippen molar-refractivity contribution in [2.24, 2.45) is 0 Å². The monoisotopic (exact) mass is 297 g/mol. The van der Waals surface area contributed by atoms with E-state index < -0.39 is 0 Å². The summed E-state index contributed by atoms with van der Waals surface area (Å²) in [5.41, 5.74) is 1.35. The molecule has 0 saturated heterocycles.